The van der Waals surface area contributed by atoms with E-state index >= 15 is 0 Å². The predicted octanol–water partition coefficient (Wildman–Crippen LogP) is 2.37. The summed E-state index contributed by atoms with van der Waals surface area (Å²) in [7, 11) is 1.57. The Morgan fingerprint density at radius 3 is 2.63 bits per heavy atom. The number of carbonyl (C=O) groups excluding carboxylic acids is 1. The second-order valence-corrected chi connectivity index (χ2v) is 7.35. The average Bonchev–Trinajstić information content (AvgIpc) is 2.87. The molecule has 0 spiro atoms. The summed E-state index contributed by atoms with van der Waals surface area (Å²) in [6, 6.07) is 10.8. The van der Waals surface area contributed by atoms with E-state index in [9.17, 15) is 4.79 Å². The standard InChI is InChI=1S/C21H26N4O2/c1-22-21(26)19-7-8-20(24-23-19)27-14-15-5-6-16-9-11-25(18-3-2-4-18)12-10-17(16)13-15/h5-8,13,18H,2-4,9-12,14H2,1H3,(H,22,26). The molecule has 1 fully saturated rings. The van der Waals surface area contributed by atoms with Crippen LogP contribution in [0.3, 0.4) is 0 Å². The van der Waals surface area contributed by atoms with Crippen LogP contribution in [0.15, 0.2) is 30.3 Å². The van der Waals surface area contributed by atoms with Crippen molar-refractivity contribution in [1.29, 1.82) is 0 Å². The molecule has 6 heteroatoms. The maximum absolute atomic E-state index is 11.5. The van der Waals surface area contributed by atoms with Gasteiger partial charge in [0.25, 0.3) is 5.91 Å². The highest BCUT2D eigenvalue weighted by Crippen LogP contribution is 2.27. The van der Waals surface area contributed by atoms with Gasteiger partial charge in [0, 0.05) is 32.2 Å². The predicted molar refractivity (Wildman–Crippen MR) is 103 cm³/mol. The molecule has 2 aliphatic rings. The molecule has 1 aromatic heterocycles. The quantitative estimate of drug-likeness (QED) is 0.880. The first-order valence-corrected chi connectivity index (χ1v) is 9.76. The van der Waals surface area contributed by atoms with Gasteiger partial charge in [0.1, 0.15) is 6.61 Å². The molecule has 4 rings (SSSR count). The highest BCUT2D eigenvalue weighted by atomic mass is 16.5. The molecule has 0 radical (unpaired) electrons. The third-order valence-corrected chi connectivity index (χ3v) is 5.68. The van der Waals surface area contributed by atoms with Crippen LogP contribution in [-0.2, 0) is 19.4 Å². The molecule has 2 heterocycles. The highest BCUT2D eigenvalue weighted by molar-refractivity contribution is 5.91. The van der Waals surface area contributed by atoms with Crippen molar-refractivity contribution in [2.24, 2.45) is 0 Å². The number of nitrogens with one attached hydrogen (secondary N) is 1. The Bertz CT molecular complexity index is 802. The van der Waals surface area contributed by atoms with E-state index in [1.54, 1.807) is 19.2 Å². The smallest absolute Gasteiger partial charge is 0.271 e. The van der Waals surface area contributed by atoms with Crippen LogP contribution in [0.5, 0.6) is 5.88 Å². The number of hydrogen-bond acceptors (Lipinski definition) is 5. The molecule has 27 heavy (non-hydrogen) atoms. The number of ether oxygens (including phenoxy) is 1. The summed E-state index contributed by atoms with van der Waals surface area (Å²) in [5, 5.41) is 10.4. The van der Waals surface area contributed by atoms with E-state index in [0.29, 0.717) is 12.5 Å². The van der Waals surface area contributed by atoms with Crippen molar-refractivity contribution in [2.75, 3.05) is 20.1 Å². The largest absolute Gasteiger partial charge is 0.472 e. The molecule has 6 nitrogen and oxygen atoms in total. The number of aromatic nitrogens is 2. The Labute approximate surface area is 159 Å². The lowest BCUT2D eigenvalue weighted by Gasteiger charge is -2.36. The molecule has 0 atom stereocenters. The molecular weight excluding hydrogens is 340 g/mol. The fourth-order valence-corrected chi connectivity index (χ4v) is 3.81. The van der Waals surface area contributed by atoms with Crippen molar-refractivity contribution >= 4 is 5.91 Å². The average molecular weight is 366 g/mol. The number of rotatable bonds is 5. The summed E-state index contributed by atoms with van der Waals surface area (Å²) in [6.45, 7) is 2.79. The number of nitrogens with zero attached hydrogens (tertiary/aromatic N) is 3. The lowest BCUT2D eigenvalue weighted by molar-refractivity contribution is 0.0957. The van der Waals surface area contributed by atoms with Crippen molar-refractivity contribution < 1.29 is 9.53 Å². The van der Waals surface area contributed by atoms with Gasteiger partial charge in [-0.15, -0.1) is 10.2 Å². The number of benzene rings is 1. The van der Waals surface area contributed by atoms with Gasteiger partial charge in [0.2, 0.25) is 5.88 Å². The van der Waals surface area contributed by atoms with Gasteiger partial charge >= 0.3 is 0 Å². The number of amides is 1. The van der Waals surface area contributed by atoms with Crippen LogP contribution in [0.1, 0.15) is 46.4 Å². The first kappa shape index (κ1) is 17.9. The van der Waals surface area contributed by atoms with E-state index in [0.717, 1.165) is 31.0 Å². The maximum atomic E-state index is 11.5. The Balaban J connectivity index is 1.36. The van der Waals surface area contributed by atoms with Gasteiger partial charge in [-0.25, -0.2) is 0 Å². The molecule has 1 N–H and O–H groups in total. The Morgan fingerprint density at radius 1 is 1.15 bits per heavy atom. The summed E-state index contributed by atoms with van der Waals surface area (Å²) in [4.78, 5) is 14.2. The zero-order valence-corrected chi connectivity index (χ0v) is 15.8. The summed E-state index contributed by atoms with van der Waals surface area (Å²) in [5.74, 6) is 0.171. The molecular formula is C21H26N4O2. The zero-order valence-electron chi connectivity index (χ0n) is 15.8. The number of hydrogen-bond donors (Lipinski definition) is 1. The molecule has 1 aliphatic heterocycles. The maximum Gasteiger partial charge on any atom is 0.271 e. The second-order valence-electron chi connectivity index (χ2n) is 7.35. The third-order valence-electron chi connectivity index (χ3n) is 5.68. The van der Waals surface area contributed by atoms with E-state index in [4.69, 9.17) is 4.74 Å². The lowest BCUT2D eigenvalue weighted by Crippen LogP contribution is -2.41. The monoisotopic (exact) mass is 366 g/mol. The Kier molecular flexibility index (Phi) is 5.34. The van der Waals surface area contributed by atoms with Gasteiger partial charge in [0.15, 0.2) is 5.69 Å². The van der Waals surface area contributed by atoms with Gasteiger partial charge < -0.3 is 10.1 Å². The van der Waals surface area contributed by atoms with Crippen LogP contribution in [0, 0.1) is 0 Å². The minimum Gasteiger partial charge on any atom is -0.472 e. The van der Waals surface area contributed by atoms with Crippen LogP contribution in [0.4, 0.5) is 0 Å². The Hall–Kier alpha value is -2.47. The van der Waals surface area contributed by atoms with Crippen molar-refractivity contribution in [1.82, 2.24) is 20.4 Å². The molecule has 2 aromatic rings. The minimum atomic E-state index is -0.254. The normalized spacial score (nSPS) is 17.5. The van der Waals surface area contributed by atoms with Crippen LogP contribution in [0.25, 0.3) is 0 Å². The second kappa shape index (κ2) is 8.05. The summed E-state index contributed by atoms with van der Waals surface area (Å²) >= 11 is 0. The van der Waals surface area contributed by atoms with Gasteiger partial charge in [-0.05, 0) is 48.4 Å². The van der Waals surface area contributed by atoms with Crippen molar-refractivity contribution in [3.63, 3.8) is 0 Å². The molecule has 0 unspecified atom stereocenters. The van der Waals surface area contributed by atoms with Gasteiger partial charge in [0.05, 0.1) is 0 Å². The van der Waals surface area contributed by atoms with E-state index in [2.05, 4.69) is 38.6 Å². The number of carbonyl (C=O) groups is 1. The molecule has 1 saturated carbocycles. The molecule has 0 saturated heterocycles. The van der Waals surface area contributed by atoms with E-state index in [1.807, 2.05) is 0 Å². The zero-order chi connectivity index (χ0) is 18.6. The molecule has 1 aliphatic carbocycles. The highest BCUT2D eigenvalue weighted by Gasteiger charge is 2.26. The topological polar surface area (TPSA) is 67.3 Å². The lowest BCUT2D eigenvalue weighted by atomic mass is 9.91. The van der Waals surface area contributed by atoms with E-state index in [-0.39, 0.29) is 11.6 Å². The van der Waals surface area contributed by atoms with Gasteiger partial charge in [-0.1, -0.05) is 24.6 Å². The fraction of sp³-hybridized carbons (Fsp3) is 0.476. The van der Waals surface area contributed by atoms with Crippen LogP contribution in [0.2, 0.25) is 0 Å². The van der Waals surface area contributed by atoms with Crippen molar-refractivity contribution in [3.05, 3.63) is 52.7 Å². The van der Waals surface area contributed by atoms with Crippen LogP contribution >= 0.6 is 0 Å². The molecule has 0 bridgehead atoms. The fourth-order valence-electron chi connectivity index (χ4n) is 3.81. The van der Waals surface area contributed by atoms with Crippen molar-refractivity contribution in [3.8, 4) is 5.88 Å². The number of fused-ring (bicyclic) bond motifs is 1. The van der Waals surface area contributed by atoms with E-state index in [1.165, 1.54) is 36.9 Å². The molecule has 1 aromatic carbocycles. The summed E-state index contributed by atoms with van der Waals surface area (Å²) in [6.07, 6.45) is 6.38. The van der Waals surface area contributed by atoms with Gasteiger partial charge in [-0.3, -0.25) is 9.69 Å². The molecule has 1 amide bonds. The van der Waals surface area contributed by atoms with E-state index < -0.39 is 0 Å². The SMILES string of the molecule is CNC(=O)c1ccc(OCc2ccc3c(c2)CCN(C2CCC2)CC3)nn1. The van der Waals surface area contributed by atoms with Gasteiger partial charge in [-0.2, -0.15) is 0 Å². The van der Waals surface area contributed by atoms with Crippen LogP contribution in [-0.4, -0.2) is 47.2 Å². The van der Waals surface area contributed by atoms with Crippen molar-refractivity contribution in [2.45, 2.75) is 44.8 Å². The summed E-state index contributed by atoms with van der Waals surface area (Å²) < 4.78 is 5.75. The Morgan fingerprint density at radius 2 is 1.96 bits per heavy atom. The third kappa shape index (κ3) is 4.11. The first-order valence-electron chi connectivity index (χ1n) is 9.76. The van der Waals surface area contributed by atoms with Crippen LogP contribution < -0.4 is 10.1 Å². The first-order chi connectivity index (χ1) is 13.2. The summed E-state index contributed by atoms with van der Waals surface area (Å²) in [5.41, 5.74) is 4.34. The minimum absolute atomic E-state index is 0.254. The molecule has 142 valence electrons.